The second-order valence-corrected chi connectivity index (χ2v) is 8.33. The maximum absolute atomic E-state index is 13.5. The summed E-state index contributed by atoms with van der Waals surface area (Å²) in [5.74, 6) is 0.690. The molecule has 0 aliphatic carbocycles. The maximum atomic E-state index is 13.5. The van der Waals surface area contributed by atoms with Crippen LogP contribution in [0.15, 0.2) is 53.4 Å². The van der Waals surface area contributed by atoms with Gasteiger partial charge in [0.1, 0.15) is 11.6 Å². The number of likely N-dealkylation sites (N-methyl/N-ethyl adjacent to an activating group) is 1. The second kappa shape index (κ2) is 8.76. The molecule has 1 fully saturated rings. The fourth-order valence-corrected chi connectivity index (χ4v) is 4.62. The van der Waals surface area contributed by atoms with Crippen LogP contribution in [0, 0.1) is 5.82 Å². The van der Waals surface area contributed by atoms with Crippen molar-refractivity contribution in [3.63, 3.8) is 0 Å². The van der Waals surface area contributed by atoms with Crippen LogP contribution < -0.4 is 4.74 Å². The van der Waals surface area contributed by atoms with E-state index in [9.17, 15) is 9.18 Å². The van der Waals surface area contributed by atoms with Crippen LogP contribution in [0.2, 0.25) is 0 Å². The molecule has 1 aliphatic rings. The number of amides is 1. The summed E-state index contributed by atoms with van der Waals surface area (Å²) < 4.78 is 18.8. The number of likely N-dealkylation sites (tertiary alicyclic amines) is 1. The van der Waals surface area contributed by atoms with Crippen LogP contribution in [-0.2, 0) is 11.3 Å². The largest absolute Gasteiger partial charge is 0.497 e. The zero-order valence-electron chi connectivity index (χ0n) is 15.9. The summed E-state index contributed by atoms with van der Waals surface area (Å²) in [4.78, 5) is 17.6. The Hall–Kier alpha value is -2.05. The van der Waals surface area contributed by atoms with Gasteiger partial charge in [-0.15, -0.1) is 11.8 Å². The van der Waals surface area contributed by atoms with Gasteiger partial charge in [0.25, 0.3) is 0 Å². The summed E-state index contributed by atoms with van der Waals surface area (Å²) in [7, 11) is 5.22. The summed E-state index contributed by atoms with van der Waals surface area (Å²) in [6, 6.07) is 14.4. The molecule has 0 saturated carbocycles. The van der Waals surface area contributed by atoms with Gasteiger partial charge >= 0.3 is 0 Å². The van der Waals surface area contributed by atoms with E-state index >= 15 is 0 Å². The highest BCUT2D eigenvalue weighted by molar-refractivity contribution is 8.00. The maximum Gasteiger partial charge on any atom is 0.239 e. The van der Waals surface area contributed by atoms with Crippen molar-refractivity contribution < 1.29 is 13.9 Å². The van der Waals surface area contributed by atoms with Gasteiger partial charge in [0.05, 0.1) is 13.2 Å². The lowest BCUT2D eigenvalue weighted by Gasteiger charge is -2.25. The quantitative estimate of drug-likeness (QED) is 0.756. The third-order valence-electron chi connectivity index (χ3n) is 4.73. The molecule has 2 aromatic rings. The SMILES string of the molecule is COc1ccc(S[C@@H]2C[C@@H](C(=O)N(C)C)N(Cc3cccc(F)c3)C2)cc1. The van der Waals surface area contributed by atoms with Crippen LogP contribution in [0.1, 0.15) is 12.0 Å². The molecule has 0 bridgehead atoms. The number of thioether (sulfide) groups is 1. The zero-order chi connectivity index (χ0) is 19.4. The number of hydrogen-bond donors (Lipinski definition) is 0. The molecule has 0 spiro atoms. The van der Waals surface area contributed by atoms with E-state index in [1.165, 1.54) is 6.07 Å². The number of hydrogen-bond acceptors (Lipinski definition) is 4. The first kappa shape index (κ1) is 19.7. The molecule has 1 amide bonds. The Morgan fingerprint density at radius 3 is 2.63 bits per heavy atom. The topological polar surface area (TPSA) is 32.8 Å². The molecule has 0 radical (unpaired) electrons. The molecule has 0 unspecified atom stereocenters. The fourth-order valence-electron chi connectivity index (χ4n) is 3.39. The molecule has 27 heavy (non-hydrogen) atoms. The zero-order valence-corrected chi connectivity index (χ0v) is 16.7. The van der Waals surface area contributed by atoms with Crippen LogP contribution in [0.4, 0.5) is 4.39 Å². The number of nitrogens with zero attached hydrogens (tertiary/aromatic N) is 2. The van der Waals surface area contributed by atoms with E-state index in [0.29, 0.717) is 11.8 Å². The van der Waals surface area contributed by atoms with Crippen LogP contribution in [0.5, 0.6) is 5.75 Å². The Bertz CT molecular complexity index is 782. The minimum absolute atomic E-state index is 0.101. The Kier molecular flexibility index (Phi) is 6.39. The number of methoxy groups -OCH3 is 1. The minimum Gasteiger partial charge on any atom is -0.497 e. The van der Waals surface area contributed by atoms with E-state index < -0.39 is 0 Å². The highest BCUT2D eigenvalue weighted by Crippen LogP contribution is 2.35. The van der Waals surface area contributed by atoms with Gasteiger partial charge in [0.15, 0.2) is 0 Å². The third-order valence-corrected chi connectivity index (χ3v) is 5.95. The van der Waals surface area contributed by atoms with Crippen molar-refractivity contribution >= 4 is 17.7 Å². The predicted octanol–water partition coefficient (Wildman–Crippen LogP) is 3.66. The molecule has 2 aromatic carbocycles. The second-order valence-electron chi connectivity index (χ2n) is 6.96. The lowest BCUT2D eigenvalue weighted by molar-refractivity contribution is -0.133. The molecule has 1 saturated heterocycles. The molecule has 144 valence electrons. The summed E-state index contributed by atoms with van der Waals surface area (Å²) in [5.41, 5.74) is 0.890. The molecule has 1 heterocycles. The van der Waals surface area contributed by atoms with Gasteiger partial charge in [-0.3, -0.25) is 9.69 Å². The van der Waals surface area contributed by atoms with Gasteiger partial charge in [-0.1, -0.05) is 12.1 Å². The molecular formula is C21H25FN2O2S. The Morgan fingerprint density at radius 1 is 1.26 bits per heavy atom. The van der Waals surface area contributed by atoms with Gasteiger partial charge in [-0.2, -0.15) is 0 Å². The van der Waals surface area contributed by atoms with E-state index in [1.54, 1.807) is 50.0 Å². The molecule has 0 N–H and O–H groups in total. The van der Waals surface area contributed by atoms with E-state index in [-0.39, 0.29) is 17.8 Å². The highest BCUT2D eigenvalue weighted by atomic mass is 32.2. The highest BCUT2D eigenvalue weighted by Gasteiger charge is 2.37. The first-order chi connectivity index (χ1) is 13.0. The van der Waals surface area contributed by atoms with Gasteiger partial charge in [-0.25, -0.2) is 4.39 Å². The summed E-state index contributed by atoms with van der Waals surface area (Å²) in [5, 5.41) is 0.306. The molecule has 1 aliphatic heterocycles. The number of ether oxygens (including phenoxy) is 1. The van der Waals surface area contributed by atoms with Gasteiger partial charge < -0.3 is 9.64 Å². The average Bonchev–Trinajstić information content (AvgIpc) is 3.03. The van der Waals surface area contributed by atoms with E-state index in [2.05, 4.69) is 4.90 Å². The summed E-state index contributed by atoms with van der Waals surface area (Å²) in [6.45, 7) is 1.36. The van der Waals surface area contributed by atoms with Crippen molar-refractivity contribution in [3.05, 3.63) is 59.9 Å². The van der Waals surface area contributed by atoms with E-state index in [0.717, 1.165) is 29.2 Å². The van der Waals surface area contributed by atoms with Gasteiger partial charge in [0, 0.05) is 37.3 Å². The lowest BCUT2D eigenvalue weighted by atomic mass is 10.1. The fraction of sp³-hybridized carbons (Fsp3) is 0.381. The number of carbonyl (C=O) groups excluding carboxylic acids is 1. The van der Waals surface area contributed by atoms with Crippen LogP contribution in [-0.4, -0.2) is 54.7 Å². The number of carbonyl (C=O) groups is 1. The summed E-state index contributed by atoms with van der Waals surface area (Å²) >= 11 is 1.78. The van der Waals surface area contributed by atoms with Gasteiger partial charge in [0.2, 0.25) is 5.91 Å². The van der Waals surface area contributed by atoms with Crippen molar-refractivity contribution in [2.24, 2.45) is 0 Å². The normalized spacial score (nSPS) is 19.9. The average molecular weight is 389 g/mol. The van der Waals surface area contributed by atoms with E-state index in [4.69, 9.17) is 4.74 Å². The van der Waals surface area contributed by atoms with Crippen LogP contribution in [0.3, 0.4) is 0 Å². The van der Waals surface area contributed by atoms with Crippen molar-refractivity contribution in [2.45, 2.75) is 29.2 Å². The first-order valence-corrected chi connectivity index (χ1v) is 9.84. The standard InChI is InChI=1S/C21H25FN2O2S/c1-23(2)21(25)20-12-19(27-18-9-7-17(26-3)8-10-18)14-24(20)13-15-5-4-6-16(22)11-15/h4-11,19-20H,12-14H2,1-3H3/t19-,20+/m1/s1. The Balaban J connectivity index is 1.73. The minimum atomic E-state index is -0.244. The Morgan fingerprint density at radius 2 is 2.00 bits per heavy atom. The molecular weight excluding hydrogens is 363 g/mol. The third kappa shape index (κ3) is 5.02. The number of halogens is 1. The van der Waals surface area contributed by atoms with Crippen molar-refractivity contribution in [1.82, 2.24) is 9.80 Å². The summed E-state index contributed by atoms with van der Waals surface area (Å²) in [6.07, 6.45) is 0.781. The first-order valence-electron chi connectivity index (χ1n) is 8.96. The lowest BCUT2D eigenvalue weighted by Crippen LogP contribution is -2.42. The molecule has 6 heteroatoms. The van der Waals surface area contributed by atoms with Crippen LogP contribution >= 0.6 is 11.8 Å². The number of rotatable bonds is 6. The van der Waals surface area contributed by atoms with E-state index in [1.807, 2.05) is 30.3 Å². The van der Waals surface area contributed by atoms with Gasteiger partial charge in [-0.05, 0) is 48.4 Å². The van der Waals surface area contributed by atoms with Crippen molar-refractivity contribution in [1.29, 1.82) is 0 Å². The number of benzene rings is 2. The van der Waals surface area contributed by atoms with Crippen molar-refractivity contribution in [2.75, 3.05) is 27.7 Å². The van der Waals surface area contributed by atoms with Crippen LogP contribution in [0.25, 0.3) is 0 Å². The molecule has 0 aromatic heterocycles. The predicted molar refractivity (Wildman–Crippen MR) is 107 cm³/mol. The Labute approximate surface area is 164 Å². The monoisotopic (exact) mass is 388 g/mol. The van der Waals surface area contributed by atoms with Crippen molar-refractivity contribution in [3.8, 4) is 5.75 Å². The smallest absolute Gasteiger partial charge is 0.239 e. The molecule has 2 atom stereocenters. The molecule has 4 nitrogen and oxygen atoms in total. The molecule has 3 rings (SSSR count).